The Morgan fingerprint density at radius 3 is 2.83 bits per heavy atom. The van der Waals surface area contributed by atoms with Crippen LogP contribution in [0.15, 0.2) is 20.8 Å². The molecule has 3 aromatic heterocycles. The number of nitrogens with one attached hydrogen (secondary N) is 1. The van der Waals surface area contributed by atoms with Gasteiger partial charge in [0.15, 0.2) is 4.96 Å². The molecule has 0 saturated heterocycles. The van der Waals surface area contributed by atoms with Crippen LogP contribution in [0.1, 0.15) is 47.8 Å². The molecule has 1 N–H and O–H groups in total. The van der Waals surface area contributed by atoms with Crippen molar-refractivity contribution in [2.24, 2.45) is 0 Å². The van der Waals surface area contributed by atoms with Gasteiger partial charge >= 0.3 is 0 Å². The van der Waals surface area contributed by atoms with E-state index in [1.165, 1.54) is 11.3 Å². The predicted octanol–water partition coefficient (Wildman–Crippen LogP) is 2.91. The van der Waals surface area contributed by atoms with Gasteiger partial charge in [-0.3, -0.25) is 9.20 Å². The number of fused-ring (bicyclic) bond motifs is 1. The molecule has 0 aliphatic carbocycles. The number of aryl methyl sites for hydroxylation is 3. The second-order valence-electron chi connectivity index (χ2n) is 5.66. The highest BCUT2D eigenvalue weighted by atomic mass is 32.1. The van der Waals surface area contributed by atoms with Crippen LogP contribution in [0.5, 0.6) is 0 Å². The van der Waals surface area contributed by atoms with Crippen molar-refractivity contribution in [2.45, 2.75) is 46.7 Å². The van der Waals surface area contributed by atoms with Gasteiger partial charge in [-0.1, -0.05) is 12.1 Å². The Hall–Kier alpha value is -1.99. The zero-order valence-corrected chi connectivity index (χ0v) is 14.5. The van der Waals surface area contributed by atoms with E-state index in [0.717, 1.165) is 39.8 Å². The van der Waals surface area contributed by atoms with Gasteiger partial charge in [-0.15, -0.1) is 11.3 Å². The van der Waals surface area contributed by atoms with Crippen molar-refractivity contribution in [1.29, 1.82) is 0 Å². The van der Waals surface area contributed by atoms with E-state index in [2.05, 4.69) is 22.4 Å². The molecule has 1 atom stereocenters. The van der Waals surface area contributed by atoms with Crippen LogP contribution < -0.4 is 10.9 Å². The first kappa shape index (κ1) is 15.9. The summed E-state index contributed by atoms with van der Waals surface area (Å²) < 4.78 is 6.89. The Balaban J connectivity index is 1.83. The van der Waals surface area contributed by atoms with Gasteiger partial charge in [0.25, 0.3) is 5.56 Å². The molecule has 0 saturated carbocycles. The SMILES string of the molecule is CCC(NCc1cc(=O)n2c(C)csc2n1)c1c(C)noc1C. The van der Waals surface area contributed by atoms with E-state index >= 15 is 0 Å². The molecule has 0 fully saturated rings. The molecule has 0 aliphatic rings. The third-order valence-electron chi connectivity index (χ3n) is 4.00. The van der Waals surface area contributed by atoms with Crippen LogP contribution in [0.3, 0.4) is 0 Å². The van der Waals surface area contributed by atoms with Crippen LogP contribution in [0.4, 0.5) is 0 Å². The van der Waals surface area contributed by atoms with E-state index < -0.39 is 0 Å². The van der Waals surface area contributed by atoms with Crippen molar-refractivity contribution in [1.82, 2.24) is 19.9 Å². The summed E-state index contributed by atoms with van der Waals surface area (Å²) in [5.41, 5.74) is 3.64. The Kier molecular flexibility index (Phi) is 4.32. The molecule has 3 rings (SSSR count). The number of hydrogen-bond donors (Lipinski definition) is 1. The van der Waals surface area contributed by atoms with Crippen LogP contribution in [-0.2, 0) is 6.54 Å². The van der Waals surface area contributed by atoms with Gasteiger partial charge in [0.1, 0.15) is 5.76 Å². The van der Waals surface area contributed by atoms with Gasteiger partial charge in [0.2, 0.25) is 0 Å². The van der Waals surface area contributed by atoms with Crippen molar-refractivity contribution in [3.8, 4) is 0 Å². The first-order valence-corrected chi connectivity index (χ1v) is 8.52. The number of hydrogen-bond acceptors (Lipinski definition) is 6. The molecule has 0 spiro atoms. The summed E-state index contributed by atoms with van der Waals surface area (Å²) in [7, 11) is 0. The minimum atomic E-state index is -0.0315. The second kappa shape index (κ2) is 6.25. The summed E-state index contributed by atoms with van der Waals surface area (Å²) >= 11 is 1.48. The van der Waals surface area contributed by atoms with E-state index in [-0.39, 0.29) is 11.6 Å². The van der Waals surface area contributed by atoms with Crippen molar-refractivity contribution < 1.29 is 4.52 Å². The average molecular weight is 332 g/mol. The molecule has 6 nitrogen and oxygen atoms in total. The molecule has 1 unspecified atom stereocenters. The van der Waals surface area contributed by atoms with Crippen LogP contribution in [0.25, 0.3) is 4.96 Å². The van der Waals surface area contributed by atoms with Crippen LogP contribution in [0.2, 0.25) is 0 Å². The van der Waals surface area contributed by atoms with Gasteiger partial charge in [0.05, 0.1) is 11.4 Å². The highest BCUT2D eigenvalue weighted by Gasteiger charge is 2.19. The van der Waals surface area contributed by atoms with Gasteiger partial charge in [-0.05, 0) is 27.2 Å². The fourth-order valence-corrected chi connectivity index (χ4v) is 3.75. The maximum absolute atomic E-state index is 12.2. The summed E-state index contributed by atoms with van der Waals surface area (Å²) in [6, 6.07) is 1.73. The van der Waals surface area contributed by atoms with Crippen LogP contribution in [0, 0.1) is 20.8 Å². The maximum Gasteiger partial charge on any atom is 0.259 e. The Labute approximate surface area is 138 Å². The molecular formula is C16H20N4O2S. The molecule has 3 aromatic rings. The standard InChI is InChI=1S/C16H20N4O2S/c1-5-13(15-10(3)19-22-11(15)4)17-7-12-6-14(21)20-9(2)8-23-16(20)18-12/h6,8,13,17H,5,7H2,1-4H3. The number of nitrogens with zero attached hydrogens (tertiary/aromatic N) is 3. The quantitative estimate of drug-likeness (QED) is 0.778. The van der Waals surface area contributed by atoms with E-state index in [9.17, 15) is 4.79 Å². The van der Waals surface area contributed by atoms with Gasteiger partial charge in [0, 0.05) is 35.3 Å². The monoisotopic (exact) mass is 332 g/mol. The summed E-state index contributed by atoms with van der Waals surface area (Å²) in [6.07, 6.45) is 0.905. The Morgan fingerprint density at radius 2 is 2.17 bits per heavy atom. The molecule has 7 heteroatoms. The first-order valence-electron chi connectivity index (χ1n) is 7.64. The molecule has 0 radical (unpaired) electrons. The lowest BCUT2D eigenvalue weighted by molar-refractivity contribution is 0.389. The number of rotatable bonds is 5. The molecule has 122 valence electrons. The molecule has 3 heterocycles. The first-order chi connectivity index (χ1) is 11.0. The van der Waals surface area contributed by atoms with E-state index in [4.69, 9.17) is 4.52 Å². The fraction of sp³-hybridized carbons (Fsp3) is 0.438. The topological polar surface area (TPSA) is 72.4 Å². The molecule has 0 bridgehead atoms. The van der Waals surface area contributed by atoms with E-state index in [1.807, 2.05) is 26.2 Å². The third kappa shape index (κ3) is 2.94. The third-order valence-corrected chi connectivity index (χ3v) is 4.95. The van der Waals surface area contributed by atoms with Crippen molar-refractivity contribution in [2.75, 3.05) is 0 Å². The average Bonchev–Trinajstić information content (AvgIpc) is 3.05. The largest absolute Gasteiger partial charge is 0.361 e. The summed E-state index contributed by atoms with van der Waals surface area (Å²) in [6.45, 7) is 8.42. The van der Waals surface area contributed by atoms with E-state index in [0.29, 0.717) is 6.54 Å². The van der Waals surface area contributed by atoms with E-state index in [1.54, 1.807) is 10.5 Å². The Morgan fingerprint density at radius 1 is 1.39 bits per heavy atom. The minimum Gasteiger partial charge on any atom is -0.361 e. The summed E-state index contributed by atoms with van der Waals surface area (Å²) in [5.74, 6) is 0.833. The lowest BCUT2D eigenvalue weighted by Crippen LogP contribution is -2.24. The molecule has 0 aromatic carbocycles. The predicted molar refractivity (Wildman–Crippen MR) is 89.9 cm³/mol. The number of thiazole rings is 1. The zero-order valence-electron chi connectivity index (χ0n) is 13.7. The van der Waals surface area contributed by atoms with Gasteiger partial charge in [-0.25, -0.2) is 4.98 Å². The lowest BCUT2D eigenvalue weighted by atomic mass is 10.0. The smallest absolute Gasteiger partial charge is 0.259 e. The van der Waals surface area contributed by atoms with Crippen molar-refractivity contribution >= 4 is 16.3 Å². The molecule has 0 aliphatic heterocycles. The Bertz CT molecular complexity index is 874. The van der Waals surface area contributed by atoms with Gasteiger partial charge < -0.3 is 9.84 Å². The summed E-state index contributed by atoms with van der Waals surface area (Å²) in [5, 5.41) is 9.42. The van der Waals surface area contributed by atoms with Crippen molar-refractivity contribution in [3.63, 3.8) is 0 Å². The number of aromatic nitrogens is 3. The van der Waals surface area contributed by atoms with Crippen LogP contribution in [-0.4, -0.2) is 14.5 Å². The maximum atomic E-state index is 12.2. The molecule has 0 amide bonds. The second-order valence-corrected chi connectivity index (χ2v) is 6.50. The summed E-state index contributed by atoms with van der Waals surface area (Å²) in [4.78, 5) is 17.5. The zero-order chi connectivity index (χ0) is 16.6. The highest BCUT2D eigenvalue weighted by molar-refractivity contribution is 7.15. The minimum absolute atomic E-state index is 0.0315. The van der Waals surface area contributed by atoms with Crippen molar-refractivity contribution in [3.05, 3.63) is 50.2 Å². The van der Waals surface area contributed by atoms with Crippen LogP contribution >= 0.6 is 11.3 Å². The van der Waals surface area contributed by atoms with Gasteiger partial charge in [-0.2, -0.15) is 0 Å². The molecule has 23 heavy (non-hydrogen) atoms. The highest BCUT2D eigenvalue weighted by Crippen LogP contribution is 2.24. The fourth-order valence-electron chi connectivity index (χ4n) is 2.86. The normalized spacial score (nSPS) is 12.9. The lowest BCUT2D eigenvalue weighted by Gasteiger charge is -2.16. The molecular weight excluding hydrogens is 312 g/mol.